The van der Waals surface area contributed by atoms with E-state index >= 15 is 0 Å². The SMILES string of the molecule is CCCCCCC=CCCCCCCCCC(C)C(=O)O. The number of carboxylic acid groups (broad SMARTS) is 1. The topological polar surface area (TPSA) is 37.3 Å². The van der Waals surface area contributed by atoms with E-state index in [2.05, 4.69) is 19.1 Å². The summed E-state index contributed by atoms with van der Waals surface area (Å²) < 4.78 is 0. The van der Waals surface area contributed by atoms with Crippen LogP contribution in [0, 0.1) is 5.92 Å². The highest BCUT2D eigenvalue weighted by molar-refractivity contribution is 5.69. The second kappa shape index (κ2) is 15.6. The van der Waals surface area contributed by atoms with Crippen molar-refractivity contribution in [3.05, 3.63) is 12.2 Å². The number of hydrogen-bond acceptors (Lipinski definition) is 1. The van der Waals surface area contributed by atoms with Crippen LogP contribution in [0.5, 0.6) is 0 Å². The van der Waals surface area contributed by atoms with E-state index in [1.54, 1.807) is 6.92 Å². The number of hydrogen-bond donors (Lipinski definition) is 1. The van der Waals surface area contributed by atoms with Gasteiger partial charge in [-0.05, 0) is 32.1 Å². The zero-order chi connectivity index (χ0) is 15.8. The molecule has 21 heavy (non-hydrogen) atoms. The molecule has 0 aromatic rings. The van der Waals surface area contributed by atoms with E-state index in [9.17, 15) is 4.79 Å². The van der Waals surface area contributed by atoms with E-state index < -0.39 is 5.97 Å². The molecule has 0 radical (unpaired) electrons. The zero-order valence-corrected chi connectivity index (χ0v) is 14.3. The van der Waals surface area contributed by atoms with Gasteiger partial charge in [0, 0.05) is 0 Å². The minimum atomic E-state index is -0.656. The van der Waals surface area contributed by atoms with Gasteiger partial charge in [-0.2, -0.15) is 0 Å². The Morgan fingerprint density at radius 1 is 0.857 bits per heavy atom. The second-order valence-corrected chi connectivity index (χ2v) is 6.26. The van der Waals surface area contributed by atoms with Crippen LogP contribution in [0.15, 0.2) is 12.2 Å². The minimum absolute atomic E-state index is 0.174. The lowest BCUT2D eigenvalue weighted by atomic mass is 10.0. The molecule has 0 bridgehead atoms. The molecule has 124 valence electrons. The van der Waals surface area contributed by atoms with Crippen LogP contribution in [0.2, 0.25) is 0 Å². The van der Waals surface area contributed by atoms with E-state index in [4.69, 9.17) is 5.11 Å². The van der Waals surface area contributed by atoms with Crippen molar-refractivity contribution in [3.63, 3.8) is 0 Å². The van der Waals surface area contributed by atoms with Gasteiger partial charge in [0.1, 0.15) is 0 Å². The first-order valence-corrected chi connectivity index (χ1v) is 9.06. The Hall–Kier alpha value is -0.790. The molecule has 0 saturated carbocycles. The molecular formula is C19H36O2. The molecule has 1 N–H and O–H groups in total. The molecule has 0 aromatic heterocycles. The van der Waals surface area contributed by atoms with Gasteiger partial charge >= 0.3 is 5.97 Å². The Kier molecular flexibility index (Phi) is 15.0. The van der Waals surface area contributed by atoms with Gasteiger partial charge in [0.15, 0.2) is 0 Å². The Morgan fingerprint density at radius 3 is 1.86 bits per heavy atom. The van der Waals surface area contributed by atoms with Gasteiger partial charge in [-0.1, -0.05) is 77.4 Å². The lowest BCUT2D eigenvalue weighted by Crippen LogP contribution is -2.08. The minimum Gasteiger partial charge on any atom is -0.481 e. The van der Waals surface area contributed by atoms with E-state index in [1.165, 1.54) is 70.6 Å². The predicted octanol–water partition coefficient (Wildman–Crippen LogP) is 6.35. The van der Waals surface area contributed by atoms with Crippen molar-refractivity contribution in [1.82, 2.24) is 0 Å². The molecule has 0 amide bonds. The van der Waals surface area contributed by atoms with Crippen molar-refractivity contribution in [2.24, 2.45) is 5.92 Å². The van der Waals surface area contributed by atoms with Gasteiger partial charge in [0.25, 0.3) is 0 Å². The molecule has 0 heterocycles. The first-order valence-electron chi connectivity index (χ1n) is 9.06. The Bertz CT molecular complexity index is 258. The molecule has 2 nitrogen and oxygen atoms in total. The highest BCUT2D eigenvalue weighted by Crippen LogP contribution is 2.13. The summed E-state index contributed by atoms with van der Waals surface area (Å²) in [5.74, 6) is -0.830. The maximum atomic E-state index is 10.7. The van der Waals surface area contributed by atoms with Crippen LogP contribution >= 0.6 is 0 Å². The molecule has 0 aromatic carbocycles. The lowest BCUT2D eigenvalue weighted by Gasteiger charge is -2.05. The molecule has 0 aliphatic carbocycles. The van der Waals surface area contributed by atoms with E-state index in [1.807, 2.05) is 0 Å². The van der Waals surface area contributed by atoms with Crippen molar-refractivity contribution in [2.75, 3.05) is 0 Å². The summed E-state index contributed by atoms with van der Waals surface area (Å²) >= 11 is 0. The summed E-state index contributed by atoms with van der Waals surface area (Å²) in [7, 11) is 0. The number of aliphatic carboxylic acids is 1. The van der Waals surface area contributed by atoms with Crippen LogP contribution < -0.4 is 0 Å². The lowest BCUT2D eigenvalue weighted by molar-refractivity contribution is -0.141. The number of carboxylic acids is 1. The highest BCUT2D eigenvalue weighted by Gasteiger charge is 2.09. The molecule has 0 aliphatic rings. The van der Waals surface area contributed by atoms with E-state index in [0.717, 1.165) is 12.8 Å². The fourth-order valence-electron chi connectivity index (χ4n) is 2.47. The molecule has 0 saturated heterocycles. The predicted molar refractivity (Wildman–Crippen MR) is 91.6 cm³/mol. The zero-order valence-electron chi connectivity index (χ0n) is 14.3. The van der Waals surface area contributed by atoms with Crippen LogP contribution in [0.4, 0.5) is 0 Å². The normalized spacial score (nSPS) is 12.9. The summed E-state index contributed by atoms with van der Waals surface area (Å²) in [6.07, 6.45) is 20.8. The first-order chi connectivity index (χ1) is 10.2. The van der Waals surface area contributed by atoms with Gasteiger partial charge in [-0.15, -0.1) is 0 Å². The smallest absolute Gasteiger partial charge is 0.306 e. The summed E-state index contributed by atoms with van der Waals surface area (Å²) in [6, 6.07) is 0. The van der Waals surface area contributed by atoms with Crippen LogP contribution in [-0.2, 0) is 4.79 Å². The third-order valence-corrected chi connectivity index (χ3v) is 4.07. The molecule has 1 atom stereocenters. The van der Waals surface area contributed by atoms with Gasteiger partial charge < -0.3 is 5.11 Å². The van der Waals surface area contributed by atoms with E-state index in [-0.39, 0.29) is 5.92 Å². The monoisotopic (exact) mass is 296 g/mol. The summed E-state index contributed by atoms with van der Waals surface area (Å²) in [6.45, 7) is 4.06. The molecule has 1 unspecified atom stereocenters. The summed E-state index contributed by atoms with van der Waals surface area (Å²) in [4.78, 5) is 10.7. The second-order valence-electron chi connectivity index (χ2n) is 6.26. The quantitative estimate of drug-likeness (QED) is 0.282. The Balaban J connectivity index is 3.15. The number of allylic oxidation sites excluding steroid dienone is 2. The first kappa shape index (κ1) is 20.2. The Morgan fingerprint density at radius 2 is 1.33 bits per heavy atom. The van der Waals surface area contributed by atoms with Crippen LogP contribution in [0.25, 0.3) is 0 Å². The fraction of sp³-hybridized carbons (Fsp3) is 0.842. The van der Waals surface area contributed by atoms with Crippen molar-refractivity contribution >= 4 is 5.97 Å². The van der Waals surface area contributed by atoms with E-state index in [0.29, 0.717) is 0 Å². The van der Waals surface area contributed by atoms with Crippen LogP contribution in [0.1, 0.15) is 97.3 Å². The van der Waals surface area contributed by atoms with Gasteiger partial charge in [0.05, 0.1) is 5.92 Å². The number of rotatable bonds is 15. The van der Waals surface area contributed by atoms with Gasteiger partial charge in [-0.25, -0.2) is 0 Å². The number of carbonyl (C=O) groups is 1. The molecule has 0 spiro atoms. The number of unbranched alkanes of at least 4 members (excludes halogenated alkanes) is 10. The summed E-state index contributed by atoms with van der Waals surface area (Å²) in [5.41, 5.74) is 0. The molecule has 0 fully saturated rings. The molecule has 0 rings (SSSR count). The summed E-state index contributed by atoms with van der Waals surface area (Å²) in [5, 5.41) is 8.78. The highest BCUT2D eigenvalue weighted by atomic mass is 16.4. The van der Waals surface area contributed by atoms with Crippen LogP contribution in [-0.4, -0.2) is 11.1 Å². The van der Waals surface area contributed by atoms with Crippen molar-refractivity contribution in [3.8, 4) is 0 Å². The maximum Gasteiger partial charge on any atom is 0.306 e. The third-order valence-electron chi connectivity index (χ3n) is 4.07. The van der Waals surface area contributed by atoms with Gasteiger partial charge in [0.2, 0.25) is 0 Å². The molecular weight excluding hydrogens is 260 g/mol. The average Bonchev–Trinajstić information content (AvgIpc) is 2.47. The average molecular weight is 296 g/mol. The molecule has 0 aliphatic heterocycles. The standard InChI is InChI=1S/C19H36O2/c1-3-4-5-6-7-8-9-10-11-12-13-14-15-16-17-18(2)19(20)21/h8-9,18H,3-7,10-17H2,1-2H3,(H,20,21). The van der Waals surface area contributed by atoms with Gasteiger partial charge in [-0.3, -0.25) is 4.79 Å². The fourth-order valence-corrected chi connectivity index (χ4v) is 2.47. The van der Waals surface area contributed by atoms with Crippen molar-refractivity contribution < 1.29 is 9.90 Å². The molecule has 2 heteroatoms. The largest absolute Gasteiger partial charge is 0.481 e. The Labute approximate surface area is 132 Å². The van der Waals surface area contributed by atoms with Crippen LogP contribution in [0.3, 0.4) is 0 Å². The maximum absolute atomic E-state index is 10.7. The third kappa shape index (κ3) is 15.4. The van der Waals surface area contributed by atoms with Crippen molar-refractivity contribution in [1.29, 1.82) is 0 Å². The van der Waals surface area contributed by atoms with Crippen molar-refractivity contribution in [2.45, 2.75) is 97.3 Å².